The summed E-state index contributed by atoms with van der Waals surface area (Å²) < 4.78 is 1.74. The van der Waals surface area contributed by atoms with E-state index >= 15 is 0 Å². The van der Waals surface area contributed by atoms with E-state index in [1.807, 2.05) is 44.4 Å². The fourth-order valence-corrected chi connectivity index (χ4v) is 3.85. The zero-order valence-electron chi connectivity index (χ0n) is 18.0. The van der Waals surface area contributed by atoms with Crippen LogP contribution in [0.2, 0.25) is 0 Å². The van der Waals surface area contributed by atoms with Crippen molar-refractivity contribution in [1.82, 2.24) is 20.1 Å². The molecule has 1 aromatic carbocycles. The van der Waals surface area contributed by atoms with E-state index < -0.39 is 0 Å². The number of nitrogens with zero attached hydrogens (tertiary/aromatic N) is 3. The molecule has 3 aromatic rings. The predicted octanol–water partition coefficient (Wildman–Crippen LogP) is 3.84. The molecule has 4 rings (SSSR count). The van der Waals surface area contributed by atoms with Crippen LogP contribution in [0.1, 0.15) is 59.2 Å². The highest BCUT2D eigenvalue weighted by atomic mass is 16.1. The fraction of sp³-hybridized carbons (Fsp3) is 0.320. The Kier molecular flexibility index (Phi) is 6.03. The third kappa shape index (κ3) is 4.95. The third-order valence-electron chi connectivity index (χ3n) is 5.73. The first-order valence-corrected chi connectivity index (χ1v) is 10.7. The smallest absolute Gasteiger partial charge is 0.251 e. The van der Waals surface area contributed by atoms with Gasteiger partial charge in [0.15, 0.2) is 0 Å². The van der Waals surface area contributed by atoms with E-state index in [1.54, 1.807) is 17.1 Å². The number of pyridine rings is 1. The molecule has 0 saturated heterocycles. The number of benzene rings is 1. The van der Waals surface area contributed by atoms with Crippen LogP contribution in [0, 0.1) is 18.8 Å². The average molecular weight is 414 g/mol. The van der Waals surface area contributed by atoms with Gasteiger partial charge in [-0.05, 0) is 43.5 Å². The van der Waals surface area contributed by atoms with Crippen LogP contribution in [-0.2, 0) is 7.05 Å². The number of anilines is 1. The van der Waals surface area contributed by atoms with Gasteiger partial charge < -0.3 is 11.1 Å². The number of nitrogens with one attached hydrogen (secondary N) is 1. The highest BCUT2D eigenvalue weighted by molar-refractivity contribution is 5.95. The monoisotopic (exact) mass is 413 g/mol. The van der Waals surface area contributed by atoms with Gasteiger partial charge in [0.2, 0.25) is 0 Å². The van der Waals surface area contributed by atoms with E-state index in [2.05, 4.69) is 27.2 Å². The number of rotatable bonds is 3. The Morgan fingerprint density at radius 1 is 1.10 bits per heavy atom. The van der Waals surface area contributed by atoms with Gasteiger partial charge in [0.05, 0.1) is 11.8 Å². The number of aryl methyl sites for hydroxylation is 2. The molecule has 2 heterocycles. The van der Waals surface area contributed by atoms with Crippen molar-refractivity contribution < 1.29 is 4.79 Å². The topological polar surface area (TPSA) is 85.8 Å². The van der Waals surface area contributed by atoms with Crippen LogP contribution in [0.15, 0.2) is 42.9 Å². The molecule has 1 amide bonds. The van der Waals surface area contributed by atoms with Gasteiger partial charge in [0.1, 0.15) is 5.82 Å². The summed E-state index contributed by atoms with van der Waals surface area (Å²) in [4.78, 5) is 17.0. The van der Waals surface area contributed by atoms with Gasteiger partial charge in [0, 0.05) is 47.7 Å². The molecule has 158 valence electrons. The minimum atomic E-state index is -0.0327. The van der Waals surface area contributed by atoms with Crippen LogP contribution in [0.25, 0.3) is 11.1 Å². The van der Waals surface area contributed by atoms with Crippen molar-refractivity contribution >= 4 is 11.7 Å². The molecule has 1 saturated carbocycles. The summed E-state index contributed by atoms with van der Waals surface area (Å²) >= 11 is 0. The zero-order chi connectivity index (χ0) is 21.8. The van der Waals surface area contributed by atoms with Crippen molar-refractivity contribution in [3.8, 4) is 23.0 Å². The van der Waals surface area contributed by atoms with E-state index in [0.717, 1.165) is 35.1 Å². The molecular formula is C25H27N5O. The molecule has 2 aromatic heterocycles. The van der Waals surface area contributed by atoms with Crippen molar-refractivity contribution in [3.05, 3.63) is 65.1 Å². The summed E-state index contributed by atoms with van der Waals surface area (Å²) in [6.07, 6.45) is 11.2. The van der Waals surface area contributed by atoms with Crippen molar-refractivity contribution in [2.24, 2.45) is 7.05 Å². The summed E-state index contributed by atoms with van der Waals surface area (Å²) in [5, 5.41) is 7.37. The number of carbonyl (C=O) groups excluding carboxylic acids is 1. The van der Waals surface area contributed by atoms with Gasteiger partial charge in [-0.2, -0.15) is 5.10 Å². The summed E-state index contributed by atoms with van der Waals surface area (Å²) in [5.74, 6) is 6.67. The van der Waals surface area contributed by atoms with Crippen LogP contribution in [0.4, 0.5) is 5.82 Å². The Morgan fingerprint density at radius 2 is 1.87 bits per heavy atom. The van der Waals surface area contributed by atoms with Crippen LogP contribution in [-0.4, -0.2) is 26.7 Å². The third-order valence-corrected chi connectivity index (χ3v) is 5.73. The average Bonchev–Trinajstić information content (AvgIpc) is 3.21. The molecule has 0 aliphatic heterocycles. The Bertz CT molecular complexity index is 1160. The van der Waals surface area contributed by atoms with Gasteiger partial charge in [-0.15, -0.1) is 0 Å². The first-order valence-electron chi connectivity index (χ1n) is 10.7. The molecule has 0 radical (unpaired) electrons. The number of nitrogens with two attached hydrogens (primary N) is 1. The second-order valence-corrected chi connectivity index (χ2v) is 8.15. The molecule has 6 nitrogen and oxygen atoms in total. The van der Waals surface area contributed by atoms with E-state index in [4.69, 9.17) is 5.73 Å². The SMILES string of the molecule is Cc1ccc(C(=O)NC2CCCCC2)cc1C#Cc1cc(-c2cnn(C)c2)cnc1N. The number of amides is 1. The van der Waals surface area contributed by atoms with Crippen molar-refractivity contribution in [2.75, 3.05) is 5.73 Å². The molecule has 1 aliphatic carbocycles. The Balaban J connectivity index is 1.57. The zero-order valence-corrected chi connectivity index (χ0v) is 18.0. The summed E-state index contributed by atoms with van der Waals surface area (Å²) in [6, 6.07) is 7.85. The minimum absolute atomic E-state index is 0.0327. The Labute approximate surface area is 182 Å². The lowest BCUT2D eigenvalue weighted by Crippen LogP contribution is -2.36. The van der Waals surface area contributed by atoms with E-state index in [9.17, 15) is 4.79 Å². The summed E-state index contributed by atoms with van der Waals surface area (Å²) in [7, 11) is 1.87. The van der Waals surface area contributed by atoms with Crippen molar-refractivity contribution in [3.63, 3.8) is 0 Å². The lowest BCUT2D eigenvalue weighted by Gasteiger charge is -2.22. The summed E-state index contributed by atoms with van der Waals surface area (Å²) in [6.45, 7) is 1.99. The fourth-order valence-electron chi connectivity index (χ4n) is 3.85. The largest absolute Gasteiger partial charge is 0.383 e. The molecule has 1 fully saturated rings. The molecule has 6 heteroatoms. The maximum absolute atomic E-state index is 12.7. The van der Waals surface area contributed by atoms with E-state index in [1.165, 1.54) is 19.3 Å². The van der Waals surface area contributed by atoms with Crippen LogP contribution in [0.3, 0.4) is 0 Å². The van der Waals surface area contributed by atoms with Gasteiger partial charge in [-0.1, -0.05) is 37.2 Å². The van der Waals surface area contributed by atoms with Gasteiger partial charge >= 0.3 is 0 Å². The maximum atomic E-state index is 12.7. The van der Waals surface area contributed by atoms with Crippen molar-refractivity contribution in [2.45, 2.75) is 45.1 Å². The number of nitrogen functional groups attached to an aromatic ring is 1. The molecular weight excluding hydrogens is 386 g/mol. The Morgan fingerprint density at radius 3 is 2.61 bits per heavy atom. The molecule has 1 aliphatic rings. The minimum Gasteiger partial charge on any atom is -0.383 e. The second kappa shape index (κ2) is 9.05. The summed E-state index contributed by atoms with van der Waals surface area (Å²) in [5.41, 5.74) is 11.0. The lowest BCUT2D eigenvalue weighted by atomic mass is 9.95. The molecule has 0 unspecified atom stereocenters. The first kappa shape index (κ1) is 20.7. The quantitative estimate of drug-likeness (QED) is 0.639. The Hall–Kier alpha value is -3.59. The number of aromatic nitrogens is 3. The van der Waals surface area contributed by atoms with E-state index in [0.29, 0.717) is 16.9 Å². The van der Waals surface area contributed by atoms with Crippen LogP contribution < -0.4 is 11.1 Å². The van der Waals surface area contributed by atoms with Crippen LogP contribution >= 0.6 is 0 Å². The number of hydrogen-bond donors (Lipinski definition) is 2. The van der Waals surface area contributed by atoms with Crippen molar-refractivity contribution in [1.29, 1.82) is 0 Å². The standard InChI is InChI=1S/C25H27N5O/c1-17-8-9-20(25(31)29-23-6-4-3-5-7-23)12-18(17)10-11-19-13-21(14-27-24(19)26)22-15-28-30(2)16-22/h8-9,12-16,23H,3-7H2,1-2H3,(H2,26,27)(H,29,31). The normalized spacial score (nSPS) is 14.0. The number of hydrogen-bond acceptors (Lipinski definition) is 4. The molecule has 0 atom stereocenters. The highest BCUT2D eigenvalue weighted by Gasteiger charge is 2.17. The lowest BCUT2D eigenvalue weighted by molar-refractivity contribution is 0.0927. The second-order valence-electron chi connectivity index (χ2n) is 8.15. The van der Waals surface area contributed by atoms with Gasteiger partial charge in [-0.25, -0.2) is 4.98 Å². The van der Waals surface area contributed by atoms with Crippen LogP contribution in [0.5, 0.6) is 0 Å². The highest BCUT2D eigenvalue weighted by Crippen LogP contribution is 2.21. The van der Waals surface area contributed by atoms with Gasteiger partial charge in [0.25, 0.3) is 5.91 Å². The maximum Gasteiger partial charge on any atom is 0.251 e. The number of carbonyl (C=O) groups is 1. The van der Waals surface area contributed by atoms with E-state index in [-0.39, 0.29) is 11.9 Å². The predicted molar refractivity (Wildman–Crippen MR) is 122 cm³/mol. The first-order chi connectivity index (χ1) is 15.0. The van der Waals surface area contributed by atoms with Gasteiger partial charge in [-0.3, -0.25) is 9.48 Å². The molecule has 0 bridgehead atoms. The molecule has 3 N–H and O–H groups in total. The molecule has 31 heavy (non-hydrogen) atoms. The molecule has 0 spiro atoms.